The summed E-state index contributed by atoms with van der Waals surface area (Å²) in [6.07, 6.45) is 2.41. The summed E-state index contributed by atoms with van der Waals surface area (Å²) in [6, 6.07) is 6.07. The predicted octanol–water partition coefficient (Wildman–Crippen LogP) is 3.02. The maximum absolute atomic E-state index is 13.5. The number of carbonyl (C=O) groups is 1. The number of esters is 1. The van der Waals surface area contributed by atoms with E-state index in [2.05, 4.69) is 13.8 Å². The lowest BCUT2D eigenvalue weighted by atomic mass is 9.76. The molecule has 1 unspecified atom stereocenters. The average Bonchev–Trinajstić information content (AvgIpc) is 2.42. The van der Waals surface area contributed by atoms with Gasteiger partial charge in [-0.3, -0.25) is 4.79 Å². The first-order valence-corrected chi connectivity index (χ1v) is 7.01. The highest BCUT2D eigenvalue weighted by molar-refractivity contribution is 5.83. The molecule has 4 heteroatoms. The molecule has 3 nitrogen and oxygen atoms in total. The van der Waals surface area contributed by atoms with E-state index >= 15 is 0 Å². The van der Waals surface area contributed by atoms with Gasteiger partial charge < -0.3 is 10.5 Å². The van der Waals surface area contributed by atoms with Crippen LogP contribution in [-0.4, -0.2) is 19.6 Å². The van der Waals surface area contributed by atoms with Crippen molar-refractivity contribution in [1.29, 1.82) is 0 Å². The van der Waals surface area contributed by atoms with Gasteiger partial charge in [0.05, 0.1) is 7.11 Å². The Balaban J connectivity index is 3.08. The molecule has 1 rings (SSSR count). The van der Waals surface area contributed by atoms with Gasteiger partial charge >= 0.3 is 5.97 Å². The molecule has 0 aliphatic heterocycles. The van der Waals surface area contributed by atoms with Gasteiger partial charge in [0.25, 0.3) is 0 Å². The number of rotatable bonds is 7. The number of halogens is 1. The number of hydrogen-bond acceptors (Lipinski definition) is 3. The van der Waals surface area contributed by atoms with Crippen molar-refractivity contribution < 1.29 is 13.9 Å². The van der Waals surface area contributed by atoms with E-state index in [0.717, 1.165) is 12.8 Å². The molecule has 0 radical (unpaired) electrons. The molecule has 2 N–H and O–H groups in total. The molecule has 1 aromatic carbocycles. The zero-order valence-corrected chi connectivity index (χ0v) is 12.5. The van der Waals surface area contributed by atoms with E-state index < -0.39 is 11.4 Å². The molecular weight excluding hydrogens is 257 g/mol. The lowest BCUT2D eigenvalue weighted by Crippen LogP contribution is -2.44. The van der Waals surface area contributed by atoms with Crippen molar-refractivity contribution in [2.75, 3.05) is 13.7 Å². The minimum absolute atomic E-state index is 0.112. The molecule has 0 amide bonds. The van der Waals surface area contributed by atoms with Crippen LogP contribution in [0.2, 0.25) is 0 Å². The van der Waals surface area contributed by atoms with Gasteiger partial charge in [0.2, 0.25) is 0 Å². The molecular formula is C16H24FNO2. The van der Waals surface area contributed by atoms with Gasteiger partial charge in [-0.25, -0.2) is 4.39 Å². The SMILES string of the molecule is COC(=O)C(CN)(CCCC(C)C)c1cccc(F)c1. The van der Waals surface area contributed by atoms with Gasteiger partial charge in [0, 0.05) is 6.54 Å². The molecule has 1 atom stereocenters. The van der Waals surface area contributed by atoms with Crippen molar-refractivity contribution in [3.05, 3.63) is 35.6 Å². The van der Waals surface area contributed by atoms with Crippen LogP contribution in [0, 0.1) is 11.7 Å². The zero-order chi connectivity index (χ0) is 15.2. The molecule has 0 heterocycles. The molecule has 0 aliphatic rings. The third-order valence-electron chi connectivity index (χ3n) is 3.69. The highest BCUT2D eigenvalue weighted by Crippen LogP contribution is 2.31. The van der Waals surface area contributed by atoms with Gasteiger partial charge in [-0.05, 0) is 30.0 Å². The van der Waals surface area contributed by atoms with Crippen molar-refractivity contribution in [1.82, 2.24) is 0 Å². The fourth-order valence-corrected chi connectivity index (χ4v) is 2.46. The van der Waals surface area contributed by atoms with E-state index in [0.29, 0.717) is 17.9 Å². The fourth-order valence-electron chi connectivity index (χ4n) is 2.46. The topological polar surface area (TPSA) is 52.3 Å². The van der Waals surface area contributed by atoms with Gasteiger partial charge in [0.1, 0.15) is 11.2 Å². The van der Waals surface area contributed by atoms with Crippen molar-refractivity contribution in [3.63, 3.8) is 0 Å². The zero-order valence-electron chi connectivity index (χ0n) is 12.5. The van der Waals surface area contributed by atoms with Crippen LogP contribution in [0.25, 0.3) is 0 Å². The fraction of sp³-hybridized carbons (Fsp3) is 0.562. The number of hydrogen-bond donors (Lipinski definition) is 1. The minimum Gasteiger partial charge on any atom is -0.468 e. The highest BCUT2D eigenvalue weighted by atomic mass is 19.1. The number of methoxy groups -OCH3 is 1. The first-order valence-electron chi connectivity index (χ1n) is 7.01. The smallest absolute Gasteiger partial charge is 0.317 e. The summed E-state index contributed by atoms with van der Waals surface area (Å²) in [5, 5.41) is 0. The maximum Gasteiger partial charge on any atom is 0.317 e. The van der Waals surface area contributed by atoms with Crippen molar-refractivity contribution in [3.8, 4) is 0 Å². The molecule has 0 bridgehead atoms. The Kier molecular flexibility index (Phi) is 6.14. The Morgan fingerprint density at radius 2 is 2.15 bits per heavy atom. The molecule has 0 saturated heterocycles. The first kappa shape index (κ1) is 16.6. The van der Waals surface area contributed by atoms with E-state index in [9.17, 15) is 9.18 Å². The van der Waals surface area contributed by atoms with Gasteiger partial charge in [-0.15, -0.1) is 0 Å². The summed E-state index contributed by atoms with van der Waals surface area (Å²) >= 11 is 0. The predicted molar refractivity (Wildman–Crippen MR) is 77.8 cm³/mol. The van der Waals surface area contributed by atoms with E-state index in [-0.39, 0.29) is 12.4 Å². The van der Waals surface area contributed by atoms with E-state index in [1.165, 1.54) is 19.2 Å². The molecule has 1 aromatic rings. The standard InChI is InChI=1S/C16H24FNO2/c1-12(2)6-5-9-16(11-18,15(19)20-3)13-7-4-8-14(17)10-13/h4,7-8,10,12H,5-6,9,11,18H2,1-3H3. The third kappa shape index (κ3) is 3.79. The van der Waals surface area contributed by atoms with Crippen LogP contribution < -0.4 is 5.73 Å². The molecule has 20 heavy (non-hydrogen) atoms. The Morgan fingerprint density at radius 3 is 2.65 bits per heavy atom. The molecule has 0 aromatic heterocycles. The quantitative estimate of drug-likeness (QED) is 0.782. The van der Waals surface area contributed by atoms with Crippen LogP contribution >= 0.6 is 0 Å². The molecule has 112 valence electrons. The normalized spacial score (nSPS) is 14.1. The van der Waals surface area contributed by atoms with Crippen LogP contribution in [0.5, 0.6) is 0 Å². The lowest BCUT2D eigenvalue weighted by Gasteiger charge is -2.30. The van der Waals surface area contributed by atoms with Gasteiger partial charge in [-0.1, -0.05) is 38.8 Å². The molecule has 0 spiro atoms. The number of ether oxygens (including phenoxy) is 1. The van der Waals surface area contributed by atoms with Gasteiger partial charge in [-0.2, -0.15) is 0 Å². The summed E-state index contributed by atoms with van der Waals surface area (Å²) in [5.74, 6) is -0.210. The first-order chi connectivity index (χ1) is 9.46. The van der Waals surface area contributed by atoms with Crippen LogP contribution in [-0.2, 0) is 14.9 Å². The monoisotopic (exact) mass is 281 g/mol. The summed E-state index contributed by atoms with van der Waals surface area (Å²) in [7, 11) is 1.34. The van der Waals surface area contributed by atoms with Crippen molar-refractivity contribution in [2.24, 2.45) is 11.7 Å². The van der Waals surface area contributed by atoms with E-state index in [4.69, 9.17) is 10.5 Å². The Bertz CT molecular complexity index is 448. The maximum atomic E-state index is 13.5. The Labute approximate surface area is 120 Å². The summed E-state index contributed by atoms with van der Waals surface area (Å²) < 4.78 is 18.4. The van der Waals surface area contributed by atoms with Crippen molar-refractivity contribution in [2.45, 2.75) is 38.5 Å². The molecule has 0 aliphatic carbocycles. The van der Waals surface area contributed by atoms with Crippen LogP contribution in [0.1, 0.15) is 38.7 Å². The summed E-state index contributed by atoms with van der Waals surface area (Å²) in [6.45, 7) is 4.37. The van der Waals surface area contributed by atoms with Crippen LogP contribution in [0.3, 0.4) is 0 Å². The second kappa shape index (κ2) is 7.39. The van der Waals surface area contributed by atoms with E-state index in [1.54, 1.807) is 12.1 Å². The number of benzene rings is 1. The Morgan fingerprint density at radius 1 is 1.45 bits per heavy atom. The highest BCUT2D eigenvalue weighted by Gasteiger charge is 2.39. The summed E-state index contributed by atoms with van der Waals surface area (Å²) in [5.41, 5.74) is 5.50. The Hall–Kier alpha value is -1.42. The van der Waals surface area contributed by atoms with Crippen LogP contribution in [0.4, 0.5) is 4.39 Å². The van der Waals surface area contributed by atoms with Gasteiger partial charge in [0.15, 0.2) is 0 Å². The second-order valence-corrected chi connectivity index (χ2v) is 5.57. The molecule has 0 fully saturated rings. The molecule has 0 saturated carbocycles. The van der Waals surface area contributed by atoms with Crippen LogP contribution in [0.15, 0.2) is 24.3 Å². The number of nitrogens with two attached hydrogens (primary N) is 1. The van der Waals surface area contributed by atoms with Crippen molar-refractivity contribution >= 4 is 5.97 Å². The lowest BCUT2D eigenvalue weighted by molar-refractivity contribution is -0.147. The number of carbonyl (C=O) groups excluding carboxylic acids is 1. The largest absolute Gasteiger partial charge is 0.468 e. The van der Waals surface area contributed by atoms with E-state index in [1.807, 2.05) is 0 Å². The average molecular weight is 281 g/mol. The third-order valence-corrected chi connectivity index (χ3v) is 3.69. The minimum atomic E-state index is -0.953. The summed E-state index contributed by atoms with van der Waals surface area (Å²) in [4.78, 5) is 12.2. The second-order valence-electron chi connectivity index (χ2n) is 5.57.